The number of likely N-dealkylation sites (tertiary alicyclic amines) is 1. The van der Waals surface area contributed by atoms with Gasteiger partial charge < -0.3 is 15.0 Å². The van der Waals surface area contributed by atoms with Gasteiger partial charge in [-0.05, 0) is 32.8 Å². The van der Waals surface area contributed by atoms with E-state index in [4.69, 9.17) is 4.74 Å². The lowest BCUT2D eigenvalue weighted by atomic mass is 10.2. The van der Waals surface area contributed by atoms with Gasteiger partial charge >= 0.3 is 0 Å². The number of rotatable bonds is 7. The van der Waals surface area contributed by atoms with Crippen molar-refractivity contribution in [2.75, 3.05) is 19.6 Å². The molecule has 1 fully saturated rings. The van der Waals surface area contributed by atoms with Crippen LogP contribution in [-0.4, -0.2) is 47.4 Å². The van der Waals surface area contributed by atoms with E-state index in [1.54, 1.807) is 12.1 Å². The van der Waals surface area contributed by atoms with Crippen LogP contribution < -0.4 is 10.1 Å². The number of nitrogens with zero attached hydrogens (tertiary/aromatic N) is 2. The Morgan fingerprint density at radius 2 is 2.27 bits per heavy atom. The van der Waals surface area contributed by atoms with E-state index in [1.165, 1.54) is 6.20 Å². The van der Waals surface area contributed by atoms with Gasteiger partial charge in [0.2, 0.25) is 11.8 Å². The fraction of sp³-hybridized carbons (Fsp3) is 0.562. The average molecular weight is 305 g/mol. The summed E-state index contributed by atoms with van der Waals surface area (Å²) in [5, 5.41) is 2.84. The zero-order valence-corrected chi connectivity index (χ0v) is 13.2. The van der Waals surface area contributed by atoms with Crippen molar-refractivity contribution in [1.82, 2.24) is 15.2 Å². The maximum atomic E-state index is 12.0. The van der Waals surface area contributed by atoms with Gasteiger partial charge in [0, 0.05) is 38.3 Å². The highest BCUT2D eigenvalue weighted by Gasteiger charge is 2.19. The molecule has 0 aliphatic carbocycles. The van der Waals surface area contributed by atoms with Crippen LogP contribution in [0.2, 0.25) is 0 Å². The minimum absolute atomic E-state index is 0.0560. The minimum atomic E-state index is -0.156. The maximum Gasteiger partial charge on any atom is 0.252 e. The van der Waals surface area contributed by atoms with Crippen LogP contribution in [0.15, 0.2) is 18.3 Å². The summed E-state index contributed by atoms with van der Waals surface area (Å²) >= 11 is 0. The first-order chi connectivity index (χ1) is 10.6. The number of hydrogen-bond donors (Lipinski definition) is 1. The topological polar surface area (TPSA) is 71.5 Å². The highest BCUT2D eigenvalue weighted by Crippen LogP contribution is 2.10. The van der Waals surface area contributed by atoms with Gasteiger partial charge in [-0.1, -0.05) is 0 Å². The number of amides is 2. The van der Waals surface area contributed by atoms with Crippen LogP contribution >= 0.6 is 0 Å². The summed E-state index contributed by atoms with van der Waals surface area (Å²) in [5.41, 5.74) is 0.508. The molecule has 0 aromatic carbocycles. The third kappa shape index (κ3) is 4.72. The lowest BCUT2D eigenvalue weighted by molar-refractivity contribution is -0.127. The van der Waals surface area contributed by atoms with Gasteiger partial charge in [0.15, 0.2) is 0 Å². The number of aromatic nitrogens is 1. The SMILES string of the molecule is CC(C)Oc1ccc(C(=O)NCCCN2CCCC2=O)cn1. The molecule has 0 atom stereocenters. The first-order valence-electron chi connectivity index (χ1n) is 7.75. The van der Waals surface area contributed by atoms with Gasteiger partial charge in [0.1, 0.15) is 0 Å². The largest absolute Gasteiger partial charge is 0.475 e. The molecule has 0 bridgehead atoms. The molecular formula is C16H23N3O3. The van der Waals surface area contributed by atoms with Crippen molar-refractivity contribution < 1.29 is 14.3 Å². The molecule has 1 saturated heterocycles. The first kappa shape index (κ1) is 16.3. The van der Waals surface area contributed by atoms with Crippen molar-refractivity contribution in [2.24, 2.45) is 0 Å². The molecule has 0 unspecified atom stereocenters. The molecule has 6 nitrogen and oxygen atoms in total. The predicted molar refractivity (Wildman–Crippen MR) is 82.8 cm³/mol. The van der Waals surface area contributed by atoms with Gasteiger partial charge in [-0.15, -0.1) is 0 Å². The average Bonchev–Trinajstić information content (AvgIpc) is 2.89. The van der Waals surface area contributed by atoms with Gasteiger partial charge in [0.25, 0.3) is 5.91 Å². The van der Waals surface area contributed by atoms with Crippen LogP contribution in [0, 0.1) is 0 Å². The predicted octanol–water partition coefficient (Wildman–Crippen LogP) is 1.61. The Morgan fingerprint density at radius 1 is 1.45 bits per heavy atom. The summed E-state index contributed by atoms with van der Waals surface area (Å²) in [6.45, 7) is 5.94. The third-order valence-corrected chi connectivity index (χ3v) is 3.42. The van der Waals surface area contributed by atoms with Gasteiger partial charge in [-0.2, -0.15) is 0 Å². The fourth-order valence-electron chi connectivity index (χ4n) is 2.34. The van der Waals surface area contributed by atoms with Crippen molar-refractivity contribution in [2.45, 2.75) is 39.2 Å². The Morgan fingerprint density at radius 3 is 2.86 bits per heavy atom. The van der Waals surface area contributed by atoms with Crippen LogP contribution in [0.1, 0.15) is 43.5 Å². The molecule has 0 radical (unpaired) electrons. The Labute approximate surface area is 130 Å². The van der Waals surface area contributed by atoms with Crippen molar-refractivity contribution in [3.8, 4) is 5.88 Å². The van der Waals surface area contributed by atoms with Crippen molar-refractivity contribution in [3.05, 3.63) is 23.9 Å². The Kier molecular flexibility index (Phi) is 5.75. The maximum absolute atomic E-state index is 12.0. The van der Waals surface area contributed by atoms with E-state index in [-0.39, 0.29) is 17.9 Å². The standard InChI is InChI=1S/C16H23N3O3/c1-12(2)22-14-7-6-13(11-18-14)16(21)17-8-4-10-19-9-3-5-15(19)20/h6-7,11-12H,3-5,8-10H2,1-2H3,(H,17,21). The van der Waals surface area contributed by atoms with Crippen LogP contribution in [-0.2, 0) is 4.79 Å². The van der Waals surface area contributed by atoms with Crippen LogP contribution in [0.5, 0.6) is 5.88 Å². The van der Waals surface area contributed by atoms with E-state index in [1.807, 2.05) is 18.7 Å². The quantitative estimate of drug-likeness (QED) is 0.777. The number of ether oxygens (including phenoxy) is 1. The van der Waals surface area contributed by atoms with Crippen LogP contribution in [0.4, 0.5) is 0 Å². The number of carbonyl (C=O) groups is 2. The lowest BCUT2D eigenvalue weighted by Gasteiger charge is -2.15. The normalized spacial score (nSPS) is 14.5. The molecule has 2 heterocycles. The lowest BCUT2D eigenvalue weighted by Crippen LogP contribution is -2.30. The van der Waals surface area contributed by atoms with Crippen LogP contribution in [0.25, 0.3) is 0 Å². The molecule has 0 saturated carbocycles. The molecule has 6 heteroatoms. The summed E-state index contributed by atoms with van der Waals surface area (Å²) in [6, 6.07) is 3.39. The summed E-state index contributed by atoms with van der Waals surface area (Å²) in [6.07, 6.45) is 3.93. The molecule has 1 aromatic heterocycles. The van der Waals surface area contributed by atoms with Crippen molar-refractivity contribution in [1.29, 1.82) is 0 Å². The number of nitrogens with one attached hydrogen (secondary N) is 1. The first-order valence-corrected chi connectivity index (χ1v) is 7.75. The minimum Gasteiger partial charge on any atom is -0.475 e. The summed E-state index contributed by atoms with van der Waals surface area (Å²) < 4.78 is 5.43. The van der Waals surface area contributed by atoms with Crippen molar-refractivity contribution in [3.63, 3.8) is 0 Å². The molecule has 1 aromatic rings. The summed E-state index contributed by atoms with van der Waals surface area (Å²) in [4.78, 5) is 29.4. The van der Waals surface area contributed by atoms with Crippen molar-refractivity contribution >= 4 is 11.8 Å². The molecule has 2 amide bonds. The monoisotopic (exact) mass is 305 g/mol. The molecule has 2 rings (SSSR count). The van der Waals surface area contributed by atoms with E-state index in [9.17, 15) is 9.59 Å². The van der Waals surface area contributed by atoms with E-state index in [0.717, 1.165) is 19.4 Å². The molecule has 1 aliphatic heterocycles. The van der Waals surface area contributed by atoms with E-state index < -0.39 is 0 Å². The molecule has 120 valence electrons. The highest BCUT2D eigenvalue weighted by molar-refractivity contribution is 5.93. The van der Waals surface area contributed by atoms with Gasteiger partial charge in [-0.3, -0.25) is 9.59 Å². The summed E-state index contributed by atoms with van der Waals surface area (Å²) in [5.74, 6) is 0.576. The van der Waals surface area contributed by atoms with Gasteiger partial charge in [0.05, 0.1) is 11.7 Å². The second-order valence-electron chi connectivity index (χ2n) is 5.65. The highest BCUT2D eigenvalue weighted by atomic mass is 16.5. The number of hydrogen-bond acceptors (Lipinski definition) is 4. The smallest absolute Gasteiger partial charge is 0.252 e. The molecule has 0 spiro atoms. The van der Waals surface area contributed by atoms with E-state index in [2.05, 4.69) is 10.3 Å². The molecule has 22 heavy (non-hydrogen) atoms. The number of carbonyl (C=O) groups excluding carboxylic acids is 2. The second-order valence-corrected chi connectivity index (χ2v) is 5.65. The van der Waals surface area contributed by atoms with E-state index in [0.29, 0.717) is 31.0 Å². The van der Waals surface area contributed by atoms with Crippen LogP contribution in [0.3, 0.4) is 0 Å². The zero-order valence-electron chi connectivity index (χ0n) is 13.2. The fourth-order valence-corrected chi connectivity index (χ4v) is 2.34. The summed E-state index contributed by atoms with van der Waals surface area (Å²) in [7, 11) is 0. The molecular weight excluding hydrogens is 282 g/mol. The third-order valence-electron chi connectivity index (χ3n) is 3.42. The molecule has 1 aliphatic rings. The van der Waals surface area contributed by atoms with Gasteiger partial charge in [-0.25, -0.2) is 4.98 Å². The Hall–Kier alpha value is -2.11. The second kappa shape index (κ2) is 7.77. The Bertz CT molecular complexity index is 514. The zero-order chi connectivity index (χ0) is 15.9. The Balaban J connectivity index is 1.71. The molecule has 1 N–H and O–H groups in total. The number of pyridine rings is 1. The van der Waals surface area contributed by atoms with E-state index >= 15 is 0 Å².